The number of nitrogens with zero attached hydrogens (tertiary/aromatic N) is 2. The Hall–Kier alpha value is -0.530. The van der Waals surface area contributed by atoms with Crippen LogP contribution in [0.2, 0.25) is 0 Å². The maximum absolute atomic E-state index is 11.5. The molecule has 1 saturated heterocycles. The lowest BCUT2D eigenvalue weighted by Gasteiger charge is -2.62. The standard InChI is InChI=1S/C15H28N4O.HI/c1-14(2)10-19(15(14,3)4)13(16-5)18-9-8-17-12(20)11-6-7-11;/h11H,6-10H2,1-5H3,(H,16,18)(H,17,20);1H. The normalized spacial score (nSPS) is 22.9. The molecule has 2 fully saturated rings. The smallest absolute Gasteiger partial charge is 0.223 e. The van der Waals surface area contributed by atoms with Crippen molar-refractivity contribution in [2.45, 2.75) is 46.1 Å². The third kappa shape index (κ3) is 3.81. The van der Waals surface area contributed by atoms with Gasteiger partial charge in [-0.2, -0.15) is 0 Å². The molecule has 21 heavy (non-hydrogen) atoms. The molecule has 0 bridgehead atoms. The van der Waals surface area contributed by atoms with Gasteiger partial charge in [-0.05, 0) is 26.7 Å². The lowest BCUT2D eigenvalue weighted by Crippen LogP contribution is -2.72. The Balaban J connectivity index is 0.00000220. The van der Waals surface area contributed by atoms with Crippen molar-refractivity contribution < 1.29 is 4.79 Å². The van der Waals surface area contributed by atoms with Crippen molar-refractivity contribution in [3.63, 3.8) is 0 Å². The molecular weight excluding hydrogens is 379 g/mol. The number of aliphatic imine (C=N–C) groups is 1. The van der Waals surface area contributed by atoms with Gasteiger partial charge in [0.1, 0.15) is 0 Å². The van der Waals surface area contributed by atoms with Crippen LogP contribution >= 0.6 is 24.0 Å². The average Bonchev–Trinajstić information content (AvgIpc) is 3.21. The lowest BCUT2D eigenvalue weighted by atomic mass is 9.65. The van der Waals surface area contributed by atoms with E-state index < -0.39 is 0 Å². The Labute approximate surface area is 145 Å². The van der Waals surface area contributed by atoms with E-state index in [1.54, 1.807) is 0 Å². The molecule has 1 saturated carbocycles. The molecule has 1 aliphatic carbocycles. The zero-order valence-electron chi connectivity index (χ0n) is 13.8. The van der Waals surface area contributed by atoms with Crippen LogP contribution in [0.4, 0.5) is 0 Å². The first-order chi connectivity index (χ1) is 9.29. The number of guanidine groups is 1. The van der Waals surface area contributed by atoms with Crippen LogP contribution < -0.4 is 10.6 Å². The second kappa shape index (κ2) is 6.71. The maximum atomic E-state index is 11.5. The predicted octanol–water partition coefficient (Wildman–Crippen LogP) is 1.83. The first kappa shape index (κ1) is 18.5. The molecule has 0 aromatic carbocycles. The van der Waals surface area contributed by atoms with Gasteiger partial charge in [-0.25, -0.2) is 0 Å². The second-order valence-electron chi connectivity index (χ2n) is 7.07. The fraction of sp³-hybridized carbons (Fsp3) is 0.867. The van der Waals surface area contributed by atoms with E-state index in [1.807, 2.05) is 7.05 Å². The van der Waals surface area contributed by atoms with Crippen LogP contribution in [0.15, 0.2) is 4.99 Å². The van der Waals surface area contributed by atoms with Crippen molar-refractivity contribution in [1.29, 1.82) is 0 Å². The molecule has 5 nitrogen and oxygen atoms in total. The molecule has 0 unspecified atom stereocenters. The van der Waals surface area contributed by atoms with Gasteiger partial charge in [0.2, 0.25) is 5.91 Å². The minimum atomic E-state index is 0. The molecule has 2 rings (SSSR count). The Bertz CT molecular complexity index is 416. The first-order valence-electron chi connectivity index (χ1n) is 7.55. The Morgan fingerprint density at radius 3 is 2.19 bits per heavy atom. The summed E-state index contributed by atoms with van der Waals surface area (Å²) in [6, 6.07) is 0. The quantitative estimate of drug-likeness (QED) is 0.323. The lowest BCUT2D eigenvalue weighted by molar-refractivity contribution is -0.122. The van der Waals surface area contributed by atoms with Crippen LogP contribution in [-0.2, 0) is 4.79 Å². The van der Waals surface area contributed by atoms with Crippen molar-refractivity contribution in [2.75, 3.05) is 26.7 Å². The van der Waals surface area contributed by atoms with E-state index in [1.165, 1.54) is 0 Å². The minimum Gasteiger partial charge on any atom is -0.354 e. The van der Waals surface area contributed by atoms with Gasteiger partial charge in [-0.1, -0.05) is 13.8 Å². The number of hydrogen-bond donors (Lipinski definition) is 2. The van der Waals surface area contributed by atoms with Gasteiger partial charge in [-0.15, -0.1) is 24.0 Å². The SMILES string of the molecule is CN=C(NCCNC(=O)C1CC1)N1CC(C)(C)C1(C)C.I. The summed E-state index contributed by atoms with van der Waals surface area (Å²) in [5.74, 6) is 1.41. The third-order valence-corrected chi connectivity index (χ3v) is 5.01. The van der Waals surface area contributed by atoms with Crippen LogP contribution in [-0.4, -0.2) is 49.0 Å². The van der Waals surface area contributed by atoms with Gasteiger partial charge in [0.05, 0.1) is 0 Å². The molecule has 0 radical (unpaired) electrons. The average molecular weight is 408 g/mol. The predicted molar refractivity (Wildman–Crippen MR) is 97.1 cm³/mol. The second-order valence-corrected chi connectivity index (χ2v) is 7.07. The van der Waals surface area contributed by atoms with Gasteiger partial charge in [0.15, 0.2) is 5.96 Å². The molecule has 1 aliphatic heterocycles. The van der Waals surface area contributed by atoms with E-state index in [9.17, 15) is 4.79 Å². The summed E-state index contributed by atoms with van der Waals surface area (Å²) < 4.78 is 0. The number of carbonyl (C=O) groups is 1. The molecule has 1 heterocycles. The van der Waals surface area contributed by atoms with E-state index in [-0.39, 0.29) is 41.3 Å². The highest BCUT2D eigenvalue weighted by Crippen LogP contribution is 2.46. The van der Waals surface area contributed by atoms with Gasteiger partial charge < -0.3 is 15.5 Å². The topological polar surface area (TPSA) is 56.7 Å². The fourth-order valence-electron chi connectivity index (χ4n) is 2.55. The van der Waals surface area contributed by atoms with Gasteiger partial charge in [0, 0.05) is 43.6 Å². The molecule has 0 aromatic rings. The van der Waals surface area contributed by atoms with Gasteiger partial charge in [0.25, 0.3) is 0 Å². The number of halogens is 1. The molecular formula is C15H29IN4O. The Morgan fingerprint density at radius 2 is 1.76 bits per heavy atom. The summed E-state index contributed by atoms with van der Waals surface area (Å²) in [5, 5.41) is 6.30. The monoisotopic (exact) mass is 408 g/mol. The van der Waals surface area contributed by atoms with Crippen LogP contribution in [0.1, 0.15) is 40.5 Å². The highest BCUT2D eigenvalue weighted by molar-refractivity contribution is 14.0. The van der Waals surface area contributed by atoms with Gasteiger partial charge in [-0.3, -0.25) is 9.79 Å². The summed E-state index contributed by atoms with van der Waals surface area (Å²) in [6.07, 6.45) is 2.11. The highest BCUT2D eigenvalue weighted by atomic mass is 127. The summed E-state index contributed by atoms with van der Waals surface area (Å²) in [4.78, 5) is 18.2. The number of hydrogen-bond acceptors (Lipinski definition) is 2. The largest absolute Gasteiger partial charge is 0.354 e. The number of nitrogens with one attached hydrogen (secondary N) is 2. The zero-order chi connectivity index (χ0) is 15.0. The van der Waals surface area contributed by atoms with E-state index in [0.29, 0.717) is 12.0 Å². The first-order valence-corrected chi connectivity index (χ1v) is 7.55. The van der Waals surface area contributed by atoms with Crippen molar-refractivity contribution in [3.05, 3.63) is 0 Å². The molecule has 2 N–H and O–H groups in total. The van der Waals surface area contributed by atoms with Crippen LogP contribution in [0.5, 0.6) is 0 Å². The zero-order valence-corrected chi connectivity index (χ0v) is 16.2. The summed E-state index contributed by atoms with van der Waals surface area (Å²) in [7, 11) is 1.81. The summed E-state index contributed by atoms with van der Waals surface area (Å²) in [6.45, 7) is 11.5. The van der Waals surface area contributed by atoms with Crippen molar-refractivity contribution in [3.8, 4) is 0 Å². The molecule has 1 amide bonds. The molecule has 6 heteroatoms. The molecule has 122 valence electrons. The number of likely N-dealkylation sites (tertiary alicyclic amines) is 1. The molecule has 2 aliphatic rings. The van der Waals surface area contributed by atoms with Crippen LogP contribution in [0.25, 0.3) is 0 Å². The number of rotatable bonds is 4. The van der Waals surface area contributed by atoms with E-state index >= 15 is 0 Å². The van der Waals surface area contributed by atoms with Gasteiger partial charge >= 0.3 is 0 Å². The Morgan fingerprint density at radius 1 is 1.19 bits per heavy atom. The summed E-state index contributed by atoms with van der Waals surface area (Å²) in [5.41, 5.74) is 0.400. The van der Waals surface area contributed by atoms with Crippen LogP contribution in [0.3, 0.4) is 0 Å². The summed E-state index contributed by atoms with van der Waals surface area (Å²) >= 11 is 0. The third-order valence-electron chi connectivity index (χ3n) is 5.01. The minimum absolute atomic E-state index is 0. The molecule has 0 spiro atoms. The Kier molecular flexibility index (Phi) is 5.91. The van der Waals surface area contributed by atoms with E-state index in [2.05, 4.69) is 48.2 Å². The van der Waals surface area contributed by atoms with E-state index in [4.69, 9.17) is 0 Å². The highest BCUT2D eigenvalue weighted by Gasteiger charge is 2.53. The van der Waals surface area contributed by atoms with Crippen molar-refractivity contribution in [2.24, 2.45) is 16.3 Å². The fourth-order valence-corrected chi connectivity index (χ4v) is 2.55. The van der Waals surface area contributed by atoms with Crippen LogP contribution in [0, 0.1) is 11.3 Å². The number of amides is 1. The van der Waals surface area contributed by atoms with Crippen molar-refractivity contribution >= 4 is 35.8 Å². The van der Waals surface area contributed by atoms with E-state index in [0.717, 1.165) is 31.9 Å². The van der Waals surface area contributed by atoms with Crippen molar-refractivity contribution in [1.82, 2.24) is 15.5 Å². The molecule has 0 atom stereocenters. The maximum Gasteiger partial charge on any atom is 0.223 e. The number of carbonyl (C=O) groups excluding carboxylic acids is 1. The molecule has 0 aromatic heterocycles.